The van der Waals surface area contributed by atoms with Gasteiger partial charge in [0.1, 0.15) is 0 Å². The average Bonchev–Trinajstić information content (AvgIpc) is 2.70. The van der Waals surface area contributed by atoms with Crippen molar-refractivity contribution in [1.29, 1.82) is 0 Å². The summed E-state index contributed by atoms with van der Waals surface area (Å²) in [6.07, 6.45) is 0.956. The standard InChI is InChI=1S/C14H19BrN4/c1-4-11-8-12(19(3)17-11)9-18(2)14-6-5-10(15)7-13(14)16/h5-8H,4,9,16H2,1-3H3. The third-order valence-corrected chi connectivity index (χ3v) is 3.68. The van der Waals surface area contributed by atoms with Crippen molar-refractivity contribution in [2.24, 2.45) is 7.05 Å². The van der Waals surface area contributed by atoms with Crippen molar-refractivity contribution in [2.45, 2.75) is 19.9 Å². The van der Waals surface area contributed by atoms with Crippen LogP contribution in [0.25, 0.3) is 0 Å². The first-order valence-corrected chi connectivity index (χ1v) is 7.08. The van der Waals surface area contributed by atoms with Crippen LogP contribution in [-0.2, 0) is 20.0 Å². The molecule has 19 heavy (non-hydrogen) atoms. The number of aromatic nitrogens is 2. The summed E-state index contributed by atoms with van der Waals surface area (Å²) in [5.41, 5.74) is 10.2. The normalized spacial score (nSPS) is 10.7. The molecule has 0 spiro atoms. The Balaban J connectivity index is 2.20. The highest BCUT2D eigenvalue weighted by Gasteiger charge is 2.10. The first-order valence-electron chi connectivity index (χ1n) is 6.29. The summed E-state index contributed by atoms with van der Waals surface area (Å²) in [6.45, 7) is 2.90. The van der Waals surface area contributed by atoms with Gasteiger partial charge in [-0.2, -0.15) is 5.10 Å². The van der Waals surface area contributed by atoms with Gasteiger partial charge < -0.3 is 10.6 Å². The van der Waals surface area contributed by atoms with Crippen LogP contribution >= 0.6 is 15.9 Å². The van der Waals surface area contributed by atoms with Crippen LogP contribution in [0.1, 0.15) is 18.3 Å². The lowest BCUT2D eigenvalue weighted by atomic mass is 10.2. The first kappa shape index (κ1) is 13.9. The van der Waals surface area contributed by atoms with Crippen molar-refractivity contribution in [2.75, 3.05) is 17.7 Å². The number of rotatable bonds is 4. The van der Waals surface area contributed by atoms with Crippen LogP contribution in [0.5, 0.6) is 0 Å². The number of hydrogen-bond donors (Lipinski definition) is 1. The van der Waals surface area contributed by atoms with Gasteiger partial charge >= 0.3 is 0 Å². The molecule has 102 valence electrons. The summed E-state index contributed by atoms with van der Waals surface area (Å²) < 4.78 is 2.93. The zero-order valence-corrected chi connectivity index (χ0v) is 13.1. The number of hydrogen-bond acceptors (Lipinski definition) is 3. The van der Waals surface area contributed by atoms with Crippen molar-refractivity contribution >= 4 is 27.3 Å². The van der Waals surface area contributed by atoms with Crippen molar-refractivity contribution in [1.82, 2.24) is 9.78 Å². The van der Waals surface area contributed by atoms with Crippen LogP contribution in [0.2, 0.25) is 0 Å². The van der Waals surface area contributed by atoms with Crippen molar-refractivity contribution < 1.29 is 0 Å². The van der Waals surface area contributed by atoms with E-state index in [0.717, 1.165) is 34.5 Å². The number of nitrogen functional groups attached to an aromatic ring is 1. The van der Waals surface area contributed by atoms with Gasteiger partial charge in [0.2, 0.25) is 0 Å². The number of anilines is 2. The molecule has 0 amide bonds. The van der Waals surface area contributed by atoms with Gasteiger partial charge in [-0.05, 0) is 30.7 Å². The van der Waals surface area contributed by atoms with E-state index in [1.54, 1.807) is 0 Å². The molecule has 5 heteroatoms. The molecule has 0 aliphatic carbocycles. The van der Waals surface area contributed by atoms with Gasteiger partial charge in [-0.15, -0.1) is 0 Å². The highest BCUT2D eigenvalue weighted by atomic mass is 79.9. The summed E-state index contributed by atoms with van der Waals surface area (Å²) in [7, 11) is 4.02. The first-order chi connectivity index (χ1) is 9.01. The minimum Gasteiger partial charge on any atom is -0.397 e. The predicted octanol–water partition coefficient (Wildman–Crippen LogP) is 2.96. The number of aryl methyl sites for hydroxylation is 2. The minimum absolute atomic E-state index is 0.773. The van der Waals surface area contributed by atoms with E-state index in [4.69, 9.17) is 5.73 Å². The highest BCUT2D eigenvalue weighted by Crippen LogP contribution is 2.26. The second-order valence-electron chi connectivity index (χ2n) is 4.66. The molecule has 4 nitrogen and oxygen atoms in total. The second-order valence-corrected chi connectivity index (χ2v) is 5.58. The molecule has 2 aromatic rings. The third kappa shape index (κ3) is 3.10. The van der Waals surface area contributed by atoms with Gasteiger partial charge in [0, 0.05) is 18.6 Å². The summed E-state index contributed by atoms with van der Waals surface area (Å²) in [5.74, 6) is 0. The Morgan fingerprint density at radius 2 is 2.11 bits per heavy atom. The lowest BCUT2D eigenvalue weighted by Gasteiger charge is -2.21. The fourth-order valence-corrected chi connectivity index (χ4v) is 2.47. The molecule has 0 bridgehead atoms. The van der Waals surface area contributed by atoms with Gasteiger partial charge in [0.05, 0.1) is 29.3 Å². The molecule has 0 atom stereocenters. The van der Waals surface area contributed by atoms with Crippen LogP contribution in [0.4, 0.5) is 11.4 Å². The molecule has 1 heterocycles. The second kappa shape index (κ2) is 5.65. The summed E-state index contributed by atoms with van der Waals surface area (Å²) in [4.78, 5) is 2.14. The molecular weight excluding hydrogens is 304 g/mol. The van der Waals surface area contributed by atoms with E-state index in [0.29, 0.717) is 0 Å². The topological polar surface area (TPSA) is 47.1 Å². The molecule has 0 saturated heterocycles. The van der Waals surface area contributed by atoms with Gasteiger partial charge in [-0.3, -0.25) is 4.68 Å². The molecule has 0 unspecified atom stereocenters. The third-order valence-electron chi connectivity index (χ3n) is 3.19. The Bertz CT molecular complexity index is 577. The lowest BCUT2D eigenvalue weighted by molar-refractivity contribution is 0.689. The zero-order chi connectivity index (χ0) is 14.0. The molecular formula is C14H19BrN4. The van der Waals surface area contributed by atoms with E-state index in [2.05, 4.69) is 38.9 Å². The minimum atomic E-state index is 0.773. The Morgan fingerprint density at radius 1 is 1.37 bits per heavy atom. The van der Waals surface area contributed by atoms with Gasteiger partial charge in [-0.25, -0.2) is 0 Å². The number of benzene rings is 1. The number of halogens is 1. The summed E-state index contributed by atoms with van der Waals surface area (Å²) in [6, 6.07) is 8.09. The van der Waals surface area contributed by atoms with Crippen LogP contribution < -0.4 is 10.6 Å². The van der Waals surface area contributed by atoms with Gasteiger partial charge in [0.15, 0.2) is 0 Å². The maximum Gasteiger partial charge on any atom is 0.0625 e. The van der Waals surface area contributed by atoms with Crippen molar-refractivity contribution in [3.05, 3.63) is 40.1 Å². The fraction of sp³-hybridized carbons (Fsp3) is 0.357. The van der Waals surface area contributed by atoms with Crippen LogP contribution in [-0.4, -0.2) is 16.8 Å². The van der Waals surface area contributed by atoms with E-state index in [-0.39, 0.29) is 0 Å². The number of nitrogens with two attached hydrogens (primary N) is 1. The molecule has 0 fully saturated rings. The van der Waals surface area contributed by atoms with Gasteiger partial charge in [-0.1, -0.05) is 22.9 Å². The van der Waals surface area contributed by atoms with E-state index in [9.17, 15) is 0 Å². The molecule has 1 aromatic carbocycles. The van der Waals surface area contributed by atoms with Crippen molar-refractivity contribution in [3.63, 3.8) is 0 Å². The Hall–Kier alpha value is -1.49. The number of nitrogens with zero attached hydrogens (tertiary/aromatic N) is 3. The summed E-state index contributed by atoms with van der Waals surface area (Å²) in [5, 5.41) is 4.46. The molecule has 2 N–H and O–H groups in total. The monoisotopic (exact) mass is 322 g/mol. The Kier molecular flexibility index (Phi) is 4.14. The van der Waals surface area contributed by atoms with E-state index in [1.807, 2.05) is 37.0 Å². The Labute approximate surface area is 122 Å². The van der Waals surface area contributed by atoms with Crippen LogP contribution in [0, 0.1) is 0 Å². The average molecular weight is 323 g/mol. The van der Waals surface area contributed by atoms with E-state index < -0.39 is 0 Å². The Morgan fingerprint density at radius 3 is 2.68 bits per heavy atom. The largest absolute Gasteiger partial charge is 0.397 e. The zero-order valence-electron chi connectivity index (χ0n) is 11.5. The molecule has 0 radical (unpaired) electrons. The maximum atomic E-state index is 6.05. The van der Waals surface area contributed by atoms with Crippen molar-refractivity contribution in [3.8, 4) is 0 Å². The maximum absolute atomic E-state index is 6.05. The summed E-state index contributed by atoms with van der Waals surface area (Å²) >= 11 is 3.42. The fourth-order valence-electron chi connectivity index (χ4n) is 2.09. The SMILES string of the molecule is CCc1cc(CN(C)c2ccc(Br)cc2N)n(C)n1. The highest BCUT2D eigenvalue weighted by molar-refractivity contribution is 9.10. The van der Waals surface area contributed by atoms with Crippen LogP contribution in [0.15, 0.2) is 28.7 Å². The van der Waals surface area contributed by atoms with E-state index in [1.165, 1.54) is 5.69 Å². The predicted molar refractivity (Wildman–Crippen MR) is 83.2 cm³/mol. The van der Waals surface area contributed by atoms with E-state index >= 15 is 0 Å². The molecule has 2 rings (SSSR count). The smallest absolute Gasteiger partial charge is 0.0625 e. The molecule has 0 aliphatic rings. The van der Waals surface area contributed by atoms with Crippen LogP contribution in [0.3, 0.4) is 0 Å². The molecule has 0 aliphatic heterocycles. The molecule has 0 saturated carbocycles. The lowest BCUT2D eigenvalue weighted by Crippen LogP contribution is -2.19. The quantitative estimate of drug-likeness (QED) is 0.880. The molecule has 1 aromatic heterocycles. The van der Waals surface area contributed by atoms with Gasteiger partial charge in [0.25, 0.3) is 0 Å².